The van der Waals surface area contributed by atoms with Gasteiger partial charge in [-0.05, 0) is 31.0 Å². The third-order valence-electron chi connectivity index (χ3n) is 2.86. The largest absolute Gasteiger partial charge is 0.388 e. The monoisotopic (exact) mass is 228 g/mol. The molecule has 0 bridgehead atoms. The highest BCUT2D eigenvalue weighted by molar-refractivity contribution is 5.76. The maximum atomic E-state index is 5.19. The summed E-state index contributed by atoms with van der Waals surface area (Å²) >= 11 is 0. The lowest BCUT2D eigenvalue weighted by molar-refractivity contribution is 0.393. The fourth-order valence-electron chi connectivity index (χ4n) is 2.00. The number of aryl methyl sites for hydroxylation is 2. The first-order valence-electron chi connectivity index (χ1n) is 5.55. The fourth-order valence-corrected chi connectivity index (χ4v) is 2.00. The normalized spacial score (nSPS) is 10.3. The van der Waals surface area contributed by atoms with Gasteiger partial charge in [0.1, 0.15) is 5.76 Å². The number of hydrogen-bond acceptors (Lipinski definition) is 3. The minimum Gasteiger partial charge on any atom is -0.388 e. The summed E-state index contributed by atoms with van der Waals surface area (Å²) in [5, 5.41) is 7.14. The van der Waals surface area contributed by atoms with Crippen LogP contribution in [0.2, 0.25) is 0 Å². The van der Waals surface area contributed by atoms with Crippen LogP contribution in [0.25, 0.3) is 17.2 Å². The second-order valence-electron chi connectivity index (χ2n) is 3.96. The van der Waals surface area contributed by atoms with E-state index in [0.29, 0.717) is 0 Å². The quantitative estimate of drug-likeness (QED) is 0.871. The van der Waals surface area contributed by atoms with E-state index in [2.05, 4.69) is 29.2 Å². The summed E-state index contributed by atoms with van der Waals surface area (Å²) in [5.41, 5.74) is 5.23. The first-order chi connectivity index (χ1) is 8.17. The van der Waals surface area contributed by atoms with E-state index in [1.807, 2.05) is 33.0 Å². The molecule has 88 valence electrons. The molecule has 0 unspecified atom stereocenters. The lowest BCUT2D eigenvalue weighted by atomic mass is 10.0. The average molecular weight is 228 g/mol. The van der Waals surface area contributed by atoms with Crippen LogP contribution in [0.5, 0.6) is 0 Å². The van der Waals surface area contributed by atoms with E-state index in [-0.39, 0.29) is 0 Å². The van der Waals surface area contributed by atoms with E-state index in [1.54, 1.807) is 0 Å². The molecule has 2 rings (SSSR count). The summed E-state index contributed by atoms with van der Waals surface area (Å²) in [7, 11) is 1.90. The molecule has 0 aliphatic carbocycles. The minimum atomic E-state index is 0.843. The Bertz CT molecular complexity index is 536. The Balaban J connectivity index is 2.58. The molecule has 0 fully saturated rings. The predicted molar refractivity (Wildman–Crippen MR) is 71.1 cm³/mol. The summed E-state index contributed by atoms with van der Waals surface area (Å²) in [4.78, 5) is 0. The molecule has 0 amide bonds. The van der Waals surface area contributed by atoms with E-state index in [9.17, 15) is 0 Å². The van der Waals surface area contributed by atoms with Gasteiger partial charge in [0.05, 0.1) is 5.69 Å². The van der Waals surface area contributed by atoms with Crippen LogP contribution in [0.3, 0.4) is 0 Å². The second kappa shape index (κ2) is 4.45. The van der Waals surface area contributed by atoms with Crippen LogP contribution in [0.15, 0.2) is 29.3 Å². The molecular formula is C14H16N2O. The molecule has 0 atom stereocenters. The molecule has 0 aliphatic heterocycles. The number of hydrogen-bond donors (Lipinski definition) is 1. The van der Waals surface area contributed by atoms with Gasteiger partial charge in [-0.15, -0.1) is 0 Å². The van der Waals surface area contributed by atoms with E-state index in [0.717, 1.165) is 33.8 Å². The fraction of sp³-hybridized carbons (Fsp3) is 0.214. The summed E-state index contributed by atoms with van der Waals surface area (Å²) < 4.78 is 5.19. The van der Waals surface area contributed by atoms with Crippen molar-refractivity contribution >= 4 is 11.8 Å². The summed E-state index contributed by atoms with van der Waals surface area (Å²) in [6.45, 7) is 7.67. The van der Waals surface area contributed by atoms with Gasteiger partial charge < -0.3 is 9.84 Å². The van der Waals surface area contributed by atoms with Crippen molar-refractivity contribution in [2.75, 3.05) is 12.4 Å². The number of aromatic nitrogens is 1. The average Bonchev–Trinajstić information content (AvgIpc) is 2.68. The van der Waals surface area contributed by atoms with Crippen molar-refractivity contribution < 1.29 is 4.52 Å². The molecule has 0 saturated carbocycles. The van der Waals surface area contributed by atoms with Crippen molar-refractivity contribution in [1.29, 1.82) is 0 Å². The van der Waals surface area contributed by atoms with Crippen molar-refractivity contribution in [3.63, 3.8) is 0 Å². The van der Waals surface area contributed by atoms with Crippen LogP contribution >= 0.6 is 0 Å². The standard InChI is InChI=1S/C14H16N2O/c1-5-11-6-7-12(8-13(11)15-4)14-9(2)16-17-10(14)3/h5-8,15H,1H2,2-4H3. The molecule has 0 aliphatic rings. The molecule has 1 N–H and O–H groups in total. The summed E-state index contributed by atoms with van der Waals surface area (Å²) in [5.74, 6) is 0.843. The second-order valence-corrected chi connectivity index (χ2v) is 3.96. The molecule has 1 aromatic carbocycles. The Hall–Kier alpha value is -2.03. The Kier molecular flexibility index (Phi) is 3.00. The molecule has 0 saturated heterocycles. The van der Waals surface area contributed by atoms with Crippen molar-refractivity contribution in [3.8, 4) is 11.1 Å². The number of nitrogens with zero attached hydrogens (tertiary/aromatic N) is 1. The van der Waals surface area contributed by atoms with Gasteiger partial charge in [0, 0.05) is 18.3 Å². The van der Waals surface area contributed by atoms with E-state index in [1.165, 1.54) is 0 Å². The van der Waals surface area contributed by atoms with Crippen LogP contribution in [0.4, 0.5) is 5.69 Å². The molecule has 3 nitrogen and oxygen atoms in total. The zero-order valence-electron chi connectivity index (χ0n) is 10.4. The zero-order chi connectivity index (χ0) is 12.4. The third kappa shape index (κ3) is 1.96. The third-order valence-corrected chi connectivity index (χ3v) is 2.86. The first-order valence-corrected chi connectivity index (χ1v) is 5.55. The van der Waals surface area contributed by atoms with Crippen molar-refractivity contribution in [2.45, 2.75) is 13.8 Å². The Morgan fingerprint density at radius 2 is 2.12 bits per heavy atom. The molecule has 1 aromatic heterocycles. The van der Waals surface area contributed by atoms with Crippen LogP contribution in [0, 0.1) is 13.8 Å². The molecular weight excluding hydrogens is 212 g/mol. The van der Waals surface area contributed by atoms with E-state index in [4.69, 9.17) is 4.52 Å². The highest BCUT2D eigenvalue weighted by Gasteiger charge is 2.12. The smallest absolute Gasteiger partial charge is 0.141 e. The van der Waals surface area contributed by atoms with Crippen LogP contribution < -0.4 is 5.32 Å². The summed E-state index contributed by atoms with van der Waals surface area (Å²) in [6.07, 6.45) is 1.84. The number of anilines is 1. The molecule has 17 heavy (non-hydrogen) atoms. The lowest BCUT2D eigenvalue weighted by Gasteiger charge is -2.08. The van der Waals surface area contributed by atoms with Gasteiger partial charge in [-0.1, -0.05) is 29.9 Å². The van der Waals surface area contributed by atoms with Gasteiger partial charge in [-0.3, -0.25) is 0 Å². The van der Waals surface area contributed by atoms with Crippen molar-refractivity contribution in [2.24, 2.45) is 0 Å². The summed E-state index contributed by atoms with van der Waals surface area (Å²) in [6, 6.07) is 6.19. The van der Waals surface area contributed by atoms with Gasteiger partial charge in [-0.25, -0.2) is 0 Å². The van der Waals surface area contributed by atoms with E-state index >= 15 is 0 Å². The molecule has 0 radical (unpaired) electrons. The predicted octanol–water partition coefficient (Wildman–Crippen LogP) is 3.64. The highest BCUT2D eigenvalue weighted by atomic mass is 16.5. The SMILES string of the molecule is C=Cc1ccc(-c2c(C)noc2C)cc1NC. The van der Waals surface area contributed by atoms with Gasteiger partial charge in [-0.2, -0.15) is 0 Å². The molecule has 1 heterocycles. The Morgan fingerprint density at radius 3 is 2.65 bits per heavy atom. The van der Waals surface area contributed by atoms with E-state index < -0.39 is 0 Å². The van der Waals surface area contributed by atoms with Crippen molar-refractivity contribution in [1.82, 2.24) is 5.16 Å². The highest BCUT2D eigenvalue weighted by Crippen LogP contribution is 2.30. The molecule has 3 heteroatoms. The number of rotatable bonds is 3. The van der Waals surface area contributed by atoms with Crippen LogP contribution in [-0.2, 0) is 0 Å². The maximum Gasteiger partial charge on any atom is 0.141 e. The molecule has 2 aromatic rings. The lowest BCUT2D eigenvalue weighted by Crippen LogP contribution is -1.92. The van der Waals surface area contributed by atoms with Crippen LogP contribution in [0.1, 0.15) is 17.0 Å². The maximum absolute atomic E-state index is 5.19. The Labute approximate surface area is 101 Å². The topological polar surface area (TPSA) is 38.1 Å². The van der Waals surface area contributed by atoms with Gasteiger partial charge >= 0.3 is 0 Å². The molecule has 0 spiro atoms. The number of benzene rings is 1. The number of nitrogens with one attached hydrogen (secondary N) is 1. The van der Waals surface area contributed by atoms with Crippen LogP contribution in [-0.4, -0.2) is 12.2 Å². The van der Waals surface area contributed by atoms with Gasteiger partial charge in [0.2, 0.25) is 0 Å². The van der Waals surface area contributed by atoms with Gasteiger partial charge in [0.15, 0.2) is 0 Å². The first kappa shape index (κ1) is 11.5. The zero-order valence-corrected chi connectivity index (χ0v) is 10.4. The van der Waals surface area contributed by atoms with Crippen molar-refractivity contribution in [3.05, 3.63) is 41.8 Å². The minimum absolute atomic E-state index is 0.843. The van der Waals surface area contributed by atoms with Gasteiger partial charge in [0.25, 0.3) is 0 Å². The Morgan fingerprint density at radius 1 is 1.35 bits per heavy atom.